The summed E-state index contributed by atoms with van der Waals surface area (Å²) in [7, 11) is 1.78. The van der Waals surface area contributed by atoms with Crippen LogP contribution in [0, 0.1) is 5.41 Å². The van der Waals surface area contributed by atoms with Crippen molar-refractivity contribution in [3.63, 3.8) is 0 Å². The van der Waals surface area contributed by atoms with Crippen molar-refractivity contribution in [2.45, 2.75) is 77.5 Å². The number of piperidine rings is 1. The lowest BCUT2D eigenvalue weighted by Gasteiger charge is -2.45. The van der Waals surface area contributed by atoms with Crippen molar-refractivity contribution < 1.29 is 17.9 Å². The summed E-state index contributed by atoms with van der Waals surface area (Å²) in [4.78, 5) is 11.6. The van der Waals surface area contributed by atoms with E-state index in [0.717, 1.165) is 25.9 Å². The van der Waals surface area contributed by atoms with E-state index in [4.69, 9.17) is 4.74 Å². The molecule has 0 bridgehead atoms. The lowest BCUT2D eigenvalue weighted by molar-refractivity contribution is -0.144. The molecule has 0 aromatic carbocycles. The van der Waals surface area contributed by atoms with Crippen LogP contribution < -0.4 is 9.80 Å². The molecule has 0 radical (unpaired) electrons. The molecule has 8 heteroatoms. The smallest absolute Gasteiger partial charge is 0.379 e. The van der Waals surface area contributed by atoms with E-state index in [1.54, 1.807) is 18.0 Å². The summed E-state index contributed by atoms with van der Waals surface area (Å²) in [6.07, 6.45) is 4.42. The van der Waals surface area contributed by atoms with Crippen LogP contribution >= 0.6 is 0 Å². The highest BCUT2D eigenvalue weighted by Crippen LogP contribution is 2.44. The van der Waals surface area contributed by atoms with Gasteiger partial charge in [-0.2, -0.15) is 13.2 Å². The summed E-state index contributed by atoms with van der Waals surface area (Å²) >= 11 is 0. The van der Waals surface area contributed by atoms with Crippen molar-refractivity contribution >= 4 is 11.6 Å². The summed E-state index contributed by atoms with van der Waals surface area (Å²) in [5, 5.41) is 0. The van der Waals surface area contributed by atoms with E-state index < -0.39 is 12.0 Å². The average Bonchev–Trinajstić information content (AvgIpc) is 2.72. The molecule has 2 heterocycles. The van der Waals surface area contributed by atoms with Gasteiger partial charge in [0.2, 0.25) is 5.82 Å². The van der Waals surface area contributed by atoms with Crippen LogP contribution in [0.2, 0.25) is 0 Å². The molecule has 1 spiro atoms. The molecule has 1 aliphatic heterocycles. The molecule has 1 saturated carbocycles. The van der Waals surface area contributed by atoms with E-state index in [1.807, 2.05) is 13.8 Å². The van der Waals surface area contributed by atoms with Crippen LogP contribution in [0.25, 0.3) is 0 Å². The zero-order chi connectivity index (χ0) is 21.8. The Hall–Kier alpha value is -1.57. The van der Waals surface area contributed by atoms with Crippen molar-refractivity contribution in [3.05, 3.63) is 11.9 Å². The molecule has 2 fully saturated rings. The molecule has 5 nitrogen and oxygen atoms in total. The predicted molar refractivity (Wildman–Crippen MR) is 113 cm³/mol. The van der Waals surface area contributed by atoms with Crippen LogP contribution in [0.1, 0.15) is 71.0 Å². The standard InChI is InChI=1S/C22H35F3N4O/c1-4-30-17(2)9-14-28(3)18-15-19(27-20(26-18)22(23,24)25)29-13-8-12-21(16-29)10-6-5-7-11-21/h15,17H,4-14,16H2,1-3H3. The van der Waals surface area contributed by atoms with Crippen molar-refractivity contribution in [1.82, 2.24) is 9.97 Å². The van der Waals surface area contributed by atoms with E-state index in [0.29, 0.717) is 24.8 Å². The van der Waals surface area contributed by atoms with Crippen molar-refractivity contribution in [2.75, 3.05) is 43.1 Å². The van der Waals surface area contributed by atoms with Crippen LogP contribution in [0.3, 0.4) is 0 Å². The van der Waals surface area contributed by atoms with Gasteiger partial charge in [0.1, 0.15) is 11.6 Å². The van der Waals surface area contributed by atoms with Gasteiger partial charge in [0.15, 0.2) is 0 Å². The van der Waals surface area contributed by atoms with Gasteiger partial charge < -0.3 is 14.5 Å². The van der Waals surface area contributed by atoms with E-state index in [9.17, 15) is 13.2 Å². The Morgan fingerprint density at radius 2 is 1.87 bits per heavy atom. The molecule has 1 aliphatic carbocycles. The van der Waals surface area contributed by atoms with Crippen molar-refractivity contribution in [2.24, 2.45) is 5.41 Å². The van der Waals surface area contributed by atoms with Gasteiger partial charge in [0.25, 0.3) is 0 Å². The Bertz CT molecular complexity index is 686. The third-order valence-corrected chi connectivity index (χ3v) is 6.57. The van der Waals surface area contributed by atoms with Crippen LogP contribution in [-0.4, -0.2) is 49.4 Å². The average molecular weight is 429 g/mol. The monoisotopic (exact) mass is 428 g/mol. The summed E-state index contributed by atoms with van der Waals surface area (Å²) in [6, 6.07) is 1.72. The molecule has 0 N–H and O–H groups in total. The largest absolute Gasteiger partial charge is 0.451 e. The maximum atomic E-state index is 13.6. The minimum atomic E-state index is -4.57. The highest BCUT2D eigenvalue weighted by atomic mass is 19.4. The van der Waals surface area contributed by atoms with Crippen LogP contribution in [0.15, 0.2) is 6.07 Å². The highest BCUT2D eigenvalue weighted by molar-refractivity contribution is 5.51. The molecule has 30 heavy (non-hydrogen) atoms. The zero-order valence-corrected chi connectivity index (χ0v) is 18.5. The molecule has 1 atom stereocenters. The quantitative estimate of drug-likeness (QED) is 0.590. The lowest BCUT2D eigenvalue weighted by Crippen LogP contribution is -2.45. The van der Waals surface area contributed by atoms with Gasteiger partial charge in [0.05, 0.1) is 6.10 Å². The lowest BCUT2D eigenvalue weighted by atomic mass is 9.69. The molecule has 1 aromatic rings. The fourth-order valence-electron chi connectivity index (χ4n) is 4.88. The van der Waals surface area contributed by atoms with E-state index in [2.05, 4.69) is 14.9 Å². The van der Waals surface area contributed by atoms with Crippen molar-refractivity contribution in [1.29, 1.82) is 0 Å². The first kappa shape index (κ1) is 23.1. The van der Waals surface area contributed by atoms with Gasteiger partial charge >= 0.3 is 6.18 Å². The summed E-state index contributed by atoms with van der Waals surface area (Å²) < 4.78 is 46.2. The van der Waals surface area contributed by atoms with Crippen LogP contribution in [-0.2, 0) is 10.9 Å². The molecular formula is C22H35F3N4O. The number of ether oxygens (including phenoxy) is 1. The van der Waals surface area contributed by atoms with Gasteiger partial charge in [-0.3, -0.25) is 0 Å². The SMILES string of the molecule is CCOC(C)CCN(C)c1cc(N2CCCC3(CCCCC3)C2)nc(C(F)(F)F)n1. The van der Waals surface area contributed by atoms with E-state index >= 15 is 0 Å². The van der Waals surface area contributed by atoms with Gasteiger partial charge in [-0.15, -0.1) is 0 Å². The maximum Gasteiger partial charge on any atom is 0.451 e. The third-order valence-electron chi connectivity index (χ3n) is 6.57. The number of nitrogens with zero attached hydrogens (tertiary/aromatic N) is 4. The topological polar surface area (TPSA) is 41.5 Å². The normalized spacial score (nSPS) is 20.4. The zero-order valence-electron chi connectivity index (χ0n) is 18.5. The number of aromatic nitrogens is 2. The summed E-state index contributed by atoms with van der Waals surface area (Å²) in [5.74, 6) is -0.330. The van der Waals surface area contributed by atoms with E-state index in [1.165, 1.54) is 38.5 Å². The molecule has 1 saturated heterocycles. The van der Waals surface area contributed by atoms with Gasteiger partial charge in [-0.05, 0) is 51.4 Å². The Kier molecular flexibility index (Phi) is 7.47. The first-order valence-corrected chi connectivity index (χ1v) is 11.3. The highest BCUT2D eigenvalue weighted by Gasteiger charge is 2.39. The first-order valence-electron chi connectivity index (χ1n) is 11.3. The molecule has 170 valence electrons. The fourth-order valence-corrected chi connectivity index (χ4v) is 4.88. The van der Waals surface area contributed by atoms with Crippen molar-refractivity contribution in [3.8, 4) is 0 Å². The number of halogens is 3. The Balaban J connectivity index is 1.82. The number of hydrogen-bond acceptors (Lipinski definition) is 5. The van der Waals surface area contributed by atoms with Gasteiger partial charge in [-0.25, -0.2) is 9.97 Å². The number of rotatable bonds is 7. The Morgan fingerprint density at radius 3 is 2.53 bits per heavy atom. The predicted octanol–water partition coefficient (Wildman–Crippen LogP) is 5.30. The minimum absolute atomic E-state index is 0.0501. The van der Waals surface area contributed by atoms with Crippen LogP contribution in [0.4, 0.5) is 24.8 Å². The van der Waals surface area contributed by atoms with Gasteiger partial charge in [0, 0.05) is 39.4 Å². The number of anilines is 2. The molecule has 3 rings (SSSR count). The Labute approximate surface area is 178 Å². The molecule has 1 unspecified atom stereocenters. The number of alkyl halides is 3. The molecule has 1 aromatic heterocycles. The first-order chi connectivity index (χ1) is 14.2. The molecule has 2 aliphatic rings. The second-order valence-electron chi connectivity index (χ2n) is 8.97. The molecular weight excluding hydrogens is 393 g/mol. The third kappa shape index (κ3) is 5.77. The van der Waals surface area contributed by atoms with Crippen LogP contribution in [0.5, 0.6) is 0 Å². The fraction of sp³-hybridized carbons (Fsp3) is 0.818. The maximum absolute atomic E-state index is 13.6. The van der Waals surface area contributed by atoms with E-state index in [-0.39, 0.29) is 11.5 Å². The second-order valence-corrected chi connectivity index (χ2v) is 8.97. The summed E-state index contributed by atoms with van der Waals surface area (Å²) in [5.41, 5.74) is 0.235. The van der Waals surface area contributed by atoms with Gasteiger partial charge in [-0.1, -0.05) is 19.3 Å². The number of hydrogen-bond donors (Lipinski definition) is 0. The summed E-state index contributed by atoms with van der Waals surface area (Å²) in [6.45, 7) is 6.65. The molecule has 0 amide bonds. The Morgan fingerprint density at radius 1 is 1.17 bits per heavy atom. The minimum Gasteiger partial charge on any atom is -0.379 e. The second kappa shape index (κ2) is 9.71.